The van der Waals surface area contributed by atoms with Crippen LogP contribution in [0.25, 0.3) is 0 Å². The Hall–Kier alpha value is -1.62. The van der Waals surface area contributed by atoms with E-state index in [4.69, 9.17) is 0 Å². The molecule has 1 aliphatic heterocycles. The third-order valence-electron chi connectivity index (χ3n) is 3.89. The van der Waals surface area contributed by atoms with Crippen LogP contribution in [0.5, 0.6) is 0 Å². The average Bonchev–Trinajstić information content (AvgIpc) is 2.45. The van der Waals surface area contributed by atoms with Crippen LogP contribution < -0.4 is 5.32 Å². The lowest BCUT2D eigenvalue weighted by Gasteiger charge is -2.32. The number of nitrogens with zero attached hydrogens (tertiary/aromatic N) is 2. The number of piperidine rings is 1. The smallest absolute Gasteiger partial charge is 0.271 e. The van der Waals surface area contributed by atoms with Gasteiger partial charge in [-0.3, -0.25) is 15.0 Å². The molecule has 20 heavy (non-hydrogen) atoms. The van der Waals surface area contributed by atoms with E-state index in [1.165, 1.54) is 19.3 Å². The number of nitro groups is 1. The molecule has 0 radical (unpaired) electrons. The van der Waals surface area contributed by atoms with Crippen LogP contribution in [-0.2, 0) is 0 Å². The van der Waals surface area contributed by atoms with Crippen LogP contribution in [0.4, 0.5) is 11.4 Å². The van der Waals surface area contributed by atoms with E-state index in [-0.39, 0.29) is 10.6 Å². The second kappa shape index (κ2) is 6.70. The average molecular weight is 277 g/mol. The fourth-order valence-electron chi connectivity index (χ4n) is 2.72. The molecule has 1 heterocycles. The first-order chi connectivity index (χ1) is 9.56. The summed E-state index contributed by atoms with van der Waals surface area (Å²) in [5.41, 5.74) is 1.89. The summed E-state index contributed by atoms with van der Waals surface area (Å²) in [7, 11) is 0. The van der Waals surface area contributed by atoms with Gasteiger partial charge in [0.15, 0.2) is 0 Å². The van der Waals surface area contributed by atoms with Crippen LogP contribution in [0.15, 0.2) is 18.2 Å². The molecular weight excluding hydrogens is 254 g/mol. The van der Waals surface area contributed by atoms with Gasteiger partial charge in [0.05, 0.1) is 4.92 Å². The molecule has 1 fully saturated rings. The Morgan fingerprint density at radius 2 is 2.00 bits per heavy atom. The molecule has 1 saturated heterocycles. The van der Waals surface area contributed by atoms with E-state index < -0.39 is 0 Å². The third-order valence-corrected chi connectivity index (χ3v) is 3.89. The van der Waals surface area contributed by atoms with Gasteiger partial charge in [0, 0.05) is 30.4 Å². The van der Waals surface area contributed by atoms with Crippen molar-refractivity contribution in [2.24, 2.45) is 0 Å². The summed E-state index contributed by atoms with van der Waals surface area (Å²) in [6, 6.07) is 5.61. The SMILES string of the molecule is Cc1cc(NCC(C)N2CCCCC2)cc([N+](=O)[O-])c1. The minimum absolute atomic E-state index is 0.151. The van der Waals surface area contributed by atoms with E-state index >= 15 is 0 Å². The molecule has 1 unspecified atom stereocenters. The molecule has 1 N–H and O–H groups in total. The summed E-state index contributed by atoms with van der Waals surface area (Å²) in [6.45, 7) is 7.24. The van der Waals surface area contributed by atoms with Crippen molar-refractivity contribution in [3.63, 3.8) is 0 Å². The lowest BCUT2D eigenvalue weighted by atomic mass is 10.1. The van der Waals surface area contributed by atoms with Gasteiger partial charge in [-0.2, -0.15) is 0 Å². The van der Waals surface area contributed by atoms with Crippen LogP contribution in [-0.4, -0.2) is 35.5 Å². The Morgan fingerprint density at radius 1 is 1.30 bits per heavy atom. The first kappa shape index (κ1) is 14.8. The summed E-state index contributed by atoms with van der Waals surface area (Å²) in [4.78, 5) is 13.0. The Labute approximate surface area is 120 Å². The molecule has 0 aromatic heterocycles. The highest BCUT2D eigenvalue weighted by Gasteiger charge is 2.16. The largest absolute Gasteiger partial charge is 0.383 e. The molecule has 5 nitrogen and oxygen atoms in total. The van der Waals surface area contributed by atoms with Gasteiger partial charge >= 0.3 is 0 Å². The van der Waals surface area contributed by atoms with E-state index in [2.05, 4.69) is 17.1 Å². The molecule has 5 heteroatoms. The summed E-state index contributed by atoms with van der Waals surface area (Å²) in [5, 5.41) is 14.2. The second-order valence-electron chi connectivity index (χ2n) is 5.64. The Kier molecular flexibility index (Phi) is 4.95. The predicted molar refractivity (Wildman–Crippen MR) is 81.2 cm³/mol. The standard InChI is InChI=1S/C15H23N3O2/c1-12-8-14(10-15(9-12)18(19)20)16-11-13(2)17-6-4-3-5-7-17/h8-10,13,16H,3-7,11H2,1-2H3. The summed E-state index contributed by atoms with van der Waals surface area (Å²) in [6.07, 6.45) is 3.89. The minimum Gasteiger partial charge on any atom is -0.383 e. The van der Waals surface area contributed by atoms with Crippen molar-refractivity contribution in [2.45, 2.75) is 39.2 Å². The van der Waals surface area contributed by atoms with Crippen LogP contribution in [0.1, 0.15) is 31.7 Å². The highest BCUT2D eigenvalue weighted by molar-refractivity contribution is 5.53. The molecule has 1 aromatic carbocycles. The number of rotatable bonds is 5. The first-order valence-corrected chi connectivity index (χ1v) is 7.30. The van der Waals surface area contributed by atoms with Crippen molar-refractivity contribution < 1.29 is 4.92 Å². The minimum atomic E-state index is -0.341. The molecular formula is C15H23N3O2. The second-order valence-corrected chi connectivity index (χ2v) is 5.64. The van der Waals surface area contributed by atoms with Crippen LogP contribution >= 0.6 is 0 Å². The van der Waals surface area contributed by atoms with Crippen molar-refractivity contribution in [1.82, 2.24) is 4.90 Å². The van der Waals surface area contributed by atoms with Crippen LogP contribution in [0, 0.1) is 17.0 Å². The van der Waals surface area contributed by atoms with E-state index in [1.807, 2.05) is 13.0 Å². The number of hydrogen-bond donors (Lipinski definition) is 1. The van der Waals surface area contributed by atoms with Gasteiger partial charge in [0.1, 0.15) is 0 Å². The van der Waals surface area contributed by atoms with Crippen molar-refractivity contribution >= 4 is 11.4 Å². The summed E-state index contributed by atoms with van der Waals surface area (Å²) >= 11 is 0. The van der Waals surface area contributed by atoms with E-state index in [1.54, 1.807) is 12.1 Å². The van der Waals surface area contributed by atoms with Crippen molar-refractivity contribution in [3.05, 3.63) is 33.9 Å². The van der Waals surface area contributed by atoms with E-state index in [0.29, 0.717) is 6.04 Å². The Morgan fingerprint density at radius 3 is 2.65 bits per heavy atom. The maximum atomic E-state index is 10.9. The molecule has 1 atom stereocenters. The molecule has 0 amide bonds. The molecule has 0 aliphatic carbocycles. The van der Waals surface area contributed by atoms with Crippen molar-refractivity contribution in [3.8, 4) is 0 Å². The normalized spacial score (nSPS) is 17.7. The maximum absolute atomic E-state index is 10.9. The number of anilines is 1. The lowest BCUT2D eigenvalue weighted by Crippen LogP contribution is -2.41. The monoisotopic (exact) mass is 277 g/mol. The van der Waals surface area contributed by atoms with Gasteiger partial charge in [-0.15, -0.1) is 0 Å². The number of hydrogen-bond acceptors (Lipinski definition) is 4. The third kappa shape index (κ3) is 3.93. The number of likely N-dealkylation sites (tertiary alicyclic amines) is 1. The van der Waals surface area contributed by atoms with E-state index in [0.717, 1.165) is 30.9 Å². The Bertz CT molecular complexity index is 470. The zero-order valence-electron chi connectivity index (χ0n) is 12.3. The van der Waals surface area contributed by atoms with Crippen LogP contribution in [0.3, 0.4) is 0 Å². The molecule has 1 aromatic rings. The molecule has 0 spiro atoms. The topological polar surface area (TPSA) is 58.4 Å². The Balaban J connectivity index is 1.94. The van der Waals surface area contributed by atoms with Gasteiger partial charge in [0.2, 0.25) is 0 Å². The first-order valence-electron chi connectivity index (χ1n) is 7.30. The number of nitro benzene ring substituents is 1. The van der Waals surface area contributed by atoms with Gasteiger partial charge in [-0.25, -0.2) is 0 Å². The number of non-ortho nitro benzene ring substituents is 1. The highest BCUT2D eigenvalue weighted by atomic mass is 16.6. The van der Waals surface area contributed by atoms with Crippen molar-refractivity contribution in [2.75, 3.05) is 25.0 Å². The summed E-state index contributed by atoms with van der Waals surface area (Å²) in [5.74, 6) is 0. The lowest BCUT2D eigenvalue weighted by molar-refractivity contribution is -0.384. The number of benzene rings is 1. The highest BCUT2D eigenvalue weighted by Crippen LogP contribution is 2.21. The zero-order valence-corrected chi connectivity index (χ0v) is 12.3. The molecule has 1 aliphatic rings. The molecule has 0 saturated carbocycles. The van der Waals surface area contributed by atoms with Gasteiger partial charge in [-0.1, -0.05) is 6.42 Å². The zero-order chi connectivity index (χ0) is 14.5. The van der Waals surface area contributed by atoms with Gasteiger partial charge in [-0.05, 0) is 51.4 Å². The van der Waals surface area contributed by atoms with Crippen LogP contribution in [0.2, 0.25) is 0 Å². The molecule has 0 bridgehead atoms. The molecule has 110 valence electrons. The summed E-state index contributed by atoms with van der Waals surface area (Å²) < 4.78 is 0. The number of aryl methyl sites for hydroxylation is 1. The number of nitrogens with one attached hydrogen (secondary N) is 1. The van der Waals surface area contributed by atoms with E-state index in [9.17, 15) is 10.1 Å². The quantitative estimate of drug-likeness (QED) is 0.663. The van der Waals surface area contributed by atoms with Crippen molar-refractivity contribution in [1.29, 1.82) is 0 Å². The fourth-order valence-corrected chi connectivity index (χ4v) is 2.72. The predicted octanol–water partition coefficient (Wildman–Crippen LogP) is 3.19. The fraction of sp³-hybridized carbons (Fsp3) is 0.600. The molecule has 2 rings (SSSR count). The van der Waals surface area contributed by atoms with Gasteiger partial charge < -0.3 is 5.32 Å². The maximum Gasteiger partial charge on any atom is 0.271 e. The van der Waals surface area contributed by atoms with Gasteiger partial charge in [0.25, 0.3) is 5.69 Å².